The second-order valence-electron chi connectivity index (χ2n) is 6.59. The van der Waals surface area contributed by atoms with Crippen molar-refractivity contribution in [2.75, 3.05) is 7.11 Å². The Morgan fingerprint density at radius 3 is 2.38 bits per heavy atom. The van der Waals surface area contributed by atoms with E-state index in [4.69, 9.17) is 9.47 Å². The van der Waals surface area contributed by atoms with Crippen molar-refractivity contribution in [1.82, 2.24) is 15.0 Å². The molecule has 2 aromatic carbocycles. The molecule has 0 amide bonds. The zero-order valence-corrected chi connectivity index (χ0v) is 17.0. The minimum absolute atomic E-state index is 0.229. The Morgan fingerprint density at radius 1 is 0.969 bits per heavy atom. The number of nitrogens with zero attached hydrogens (tertiary/aromatic N) is 4. The van der Waals surface area contributed by atoms with Gasteiger partial charge in [-0.2, -0.15) is 9.97 Å². The van der Waals surface area contributed by atoms with Crippen LogP contribution in [-0.2, 0) is 4.74 Å². The molecule has 0 radical (unpaired) electrons. The molecule has 0 saturated carbocycles. The fraction of sp³-hybridized carbons (Fsp3) is 0.0909. The van der Waals surface area contributed by atoms with Gasteiger partial charge in [0.05, 0.1) is 17.6 Å². The maximum Gasteiger partial charge on any atom is 0.393 e. The van der Waals surface area contributed by atoms with Crippen molar-refractivity contribution in [1.29, 1.82) is 0 Å². The molecule has 0 fully saturated rings. The molecule has 10 nitrogen and oxygen atoms in total. The minimum atomic E-state index is -0.683. The van der Waals surface area contributed by atoms with Gasteiger partial charge in [0.1, 0.15) is 17.6 Å². The van der Waals surface area contributed by atoms with E-state index in [9.17, 15) is 14.9 Å². The molecule has 0 saturated heterocycles. The average Bonchev–Trinajstić information content (AvgIpc) is 2.79. The van der Waals surface area contributed by atoms with Gasteiger partial charge in [0.15, 0.2) is 5.75 Å². The normalized spacial score (nSPS) is 10.6. The molecular formula is C22H16N4O6. The number of benzene rings is 2. The van der Waals surface area contributed by atoms with Gasteiger partial charge >= 0.3 is 23.4 Å². The van der Waals surface area contributed by atoms with E-state index in [1.165, 1.54) is 31.4 Å². The Labute approximate surface area is 181 Å². The van der Waals surface area contributed by atoms with Gasteiger partial charge in [0, 0.05) is 11.1 Å². The molecule has 0 atom stereocenters. The maximum atomic E-state index is 11.8. The summed E-state index contributed by atoms with van der Waals surface area (Å²) in [5.74, 6) is -0.578. The van der Waals surface area contributed by atoms with E-state index in [0.29, 0.717) is 16.8 Å². The van der Waals surface area contributed by atoms with E-state index >= 15 is 0 Å². The predicted molar refractivity (Wildman–Crippen MR) is 113 cm³/mol. The molecule has 0 N–H and O–H groups in total. The van der Waals surface area contributed by atoms with Crippen LogP contribution in [0.1, 0.15) is 16.1 Å². The largest absolute Gasteiger partial charge is 0.465 e. The number of pyridine rings is 1. The van der Waals surface area contributed by atoms with Gasteiger partial charge in [0.25, 0.3) is 0 Å². The third kappa shape index (κ3) is 4.15. The third-order valence-electron chi connectivity index (χ3n) is 4.46. The van der Waals surface area contributed by atoms with E-state index in [1.54, 1.807) is 12.1 Å². The van der Waals surface area contributed by atoms with E-state index in [2.05, 4.69) is 19.7 Å². The number of carbonyl (C=O) groups is 1. The van der Waals surface area contributed by atoms with Crippen LogP contribution < -0.4 is 9.47 Å². The number of methoxy groups -OCH3 is 1. The van der Waals surface area contributed by atoms with Crippen molar-refractivity contribution in [3.05, 3.63) is 82.3 Å². The number of hydrogen-bond donors (Lipinski definition) is 0. The molecule has 160 valence electrons. The van der Waals surface area contributed by atoms with Crippen LogP contribution in [0.2, 0.25) is 0 Å². The Hall–Kier alpha value is -4.60. The molecule has 32 heavy (non-hydrogen) atoms. The number of aromatic nitrogens is 3. The number of nitro groups is 1. The first-order chi connectivity index (χ1) is 15.5. The van der Waals surface area contributed by atoms with Gasteiger partial charge in [-0.15, -0.1) is 0 Å². The van der Waals surface area contributed by atoms with E-state index in [0.717, 1.165) is 17.4 Å². The van der Waals surface area contributed by atoms with Crippen molar-refractivity contribution in [2.45, 2.75) is 6.92 Å². The summed E-state index contributed by atoms with van der Waals surface area (Å²) in [5.41, 5.74) is 1.07. The molecule has 0 aliphatic carbocycles. The lowest BCUT2D eigenvalue weighted by Crippen LogP contribution is -2.02. The molecule has 0 aliphatic rings. The second kappa shape index (κ2) is 8.64. The van der Waals surface area contributed by atoms with Crippen molar-refractivity contribution in [3.8, 4) is 23.3 Å². The number of hydrogen-bond acceptors (Lipinski definition) is 9. The van der Waals surface area contributed by atoms with Crippen LogP contribution in [-0.4, -0.2) is 33.0 Å². The van der Waals surface area contributed by atoms with Crippen molar-refractivity contribution in [3.63, 3.8) is 0 Å². The summed E-state index contributed by atoms with van der Waals surface area (Å²) >= 11 is 0. The Balaban J connectivity index is 1.70. The summed E-state index contributed by atoms with van der Waals surface area (Å²) in [5, 5.41) is 12.6. The van der Waals surface area contributed by atoms with E-state index < -0.39 is 16.6 Å². The Morgan fingerprint density at radius 2 is 1.69 bits per heavy atom. The van der Waals surface area contributed by atoms with Crippen molar-refractivity contribution >= 4 is 22.6 Å². The zero-order valence-electron chi connectivity index (χ0n) is 17.0. The third-order valence-corrected chi connectivity index (χ3v) is 4.46. The predicted octanol–water partition coefficient (Wildman–Crippen LogP) is 4.61. The highest BCUT2D eigenvalue weighted by Crippen LogP contribution is 2.39. The van der Waals surface area contributed by atoms with E-state index in [1.807, 2.05) is 25.1 Å². The molecular weight excluding hydrogens is 416 g/mol. The summed E-state index contributed by atoms with van der Waals surface area (Å²) in [6.45, 7) is 1.83. The minimum Gasteiger partial charge on any atom is -0.465 e. The second-order valence-corrected chi connectivity index (χ2v) is 6.59. The molecule has 0 unspecified atom stereocenters. The highest BCUT2D eigenvalue weighted by Gasteiger charge is 2.27. The molecule has 2 aromatic heterocycles. The summed E-state index contributed by atoms with van der Waals surface area (Å²) in [6.07, 6.45) is 1.10. The fourth-order valence-electron chi connectivity index (χ4n) is 2.95. The quantitative estimate of drug-likeness (QED) is 0.244. The Kier molecular flexibility index (Phi) is 5.58. The molecule has 2 heterocycles. The van der Waals surface area contributed by atoms with Crippen LogP contribution in [0.4, 0.5) is 5.69 Å². The number of carbonyl (C=O) groups excluding carboxylic acids is 1. The molecule has 0 bridgehead atoms. The number of esters is 1. The first-order valence-electron chi connectivity index (χ1n) is 9.36. The molecule has 10 heteroatoms. The first kappa shape index (κ1) is 20.7. The summed E-state index contributed by atoms with van der Waals surface area (Å²) in [6, 6.07) is 14.9. The molecule has 0 spiro atoms. The summed E-state index contributed by atoms with van der Waals surface area (Å²) < 4.78 is 16.0. The lowest BCUT2D eigenvalue weighted by Gasteiger charge is -2.10. The monoisotopic (exact) mass is 432 g/mol. The average molecular weight is 432 g/mol. The van der Waals surface area contributed by atoms with Gasteiger partial charge < -0.3 is 14.2 Å². The van der Waals surface area contributed by atoms with Gasteiger partial charge in [-0.25, -0.2) is 9.78 Å². The van der Waals surface area contributed by atoms with Crippen LogP contribution in [0.15, 0.2) is 60.9 Å². The topological polar surface area (TPSA) is 127 Å². The highest BCUT2D eigenvalue weighted by molar-refractivity contribution is 5.89. The standard InChI is InChI=1S/C22H16N4O6/c1-13-6-7-14-4-3-5-17(18(14)25-13)32-21-19(26(28)29)20(23-12-24-21)31-16-10-8-15(9-11-16)22(27)30-2/h3-12H,1-2H3. The van der Waals surface area contributed by atoms with Crippen molar-refractivity contribution < 1.29 is 23.9 Å². The molecule has 4 aromatic rings. The SMILES string of the molecule is COC(=O)c1ccc(Oc2ncnc(Oc3cccc4ccc(C)nc34)c2[N+](=O)[O-])cc1. The number of para-hydroxylation sites is 1. The lowest BCUT2D eigenvalue weighted by atomic mass is 10.2. The fourth-order valence-corrected chi connectivity index (χ4v) is 2.95. The smallest absolute Gasteiger partial charge is 0.393 e. The number of fused-ring (bicyclic) bond motifs is 1. The zero-order chi connectivity index (χ0) is 22.7. The number of ether oxygens (including phenoxy) is 3. The maximum absolute atomic E-state index is 11.8. The van der Waals surface area contributed by atoms with Gasteiger partial charge in [-0.1, -0.05) is 18.2 Å². The number of aryl methyl sites for hydroxylation is 1. The highest BCUT2D eigenvalue weighted by atomic mass is 16.6. The van der Waals surface area contributed by atoms with Crippen LogP contribution in [0.3, 0.4) is 0 Å². The summed E-state index contributed by atoms with van der Waals surface area (Å²) in [4.78, 5) is 35.0. The van der Waals surface area contributed by atoms with Crippen LogP contribution in [0.25, 0.3) is 10.9 Å². The lowest BCUT2D eigenvalue weighted by molar-refractivity contribution is -0.387. The Bertz CT molecular complexity index is 1320. The van der Waals surface area contributed by atoms with Gasteiger partial charge in [-0.3, -0.25) is 10.1 Å². The van der Waals surface area contributed by atoms with Crippen LogP contribution in [0, 0.1) is 17.0 Å². The van der Waals surface area contributed by atoms with Gasteiger partial charge in [-0.05, 0) is 43.3 Å². The van der Waals surface area contributed by atoms with Gasteiger partial charge in [0.2, 0.25) is 0 Å². The van der Waals surface area contributed by atoms with Crippen LogP contribution >= 0.6 is 0 Å². The van der Waals surface area contributed by atoms with E-state index in [-0.39, 0.29) is 17.5 Å². The molecule has 0 aliphatic heterocycles. The van der Waals surface area contributed by atoms with Crippen molar-refractivity contribution in [2.24, 2.45) is 0 Å². The van der Waals surface area contributed by atoms with Crippen LogP contribution in [0.5, 0.6) is 23.3 Å². The summed E-state index contributed by atoms with van der Waals surface area (Å²) in [7, 11) is 1.27. The molecule has 4 rings (SSSR count). The number of rotatable bonds is 6. The first-order valence-corrected chi connectivity index (χ1v) is 9.36.